The highest BCUT2D eigenvalue weighted by Crippen LogP contribution is 2.25. The summed E-state index contributed by atoms with van der Waals surface area (Å²) in [5, 5.41) is 0. The minimum atomic E-state index is -0.373. The number of hydrogen-bond acceptors (Lipinski definition) is 3. The Kier molecular flexibility index (Phi) is 4.13. The lowest BCUT2D eigenvalue weighted by atomic mass is 10.1. The highest BCUT2D eigenvalue weighted by atomic mass is 19.1. The van der Waals surface area contributed by atoms with Crippen LogP contribution in [0.15, 0.2) is 48.5 Å². The first-order valence-corrected chi connectivity index (χ1v) is 5.75. The molecule has 0 aliphatic heterocycles. The summed E-state index contributed by atoms with van der Waals surface area (Å²) in [4.78, 5) is 11.8. The fourth-order valence-electron chi connectivity index (χ4n) is 1.60. The third-order valence-corrected chi connectivity index (χ3v) is 2.59. The molecule has 19 heavy (non-hydrogen) atoms. The number of carbonyl (C=O) groups is 1. The van der Waals surface area contributed by atoms with Crippen LogP contribution in [0.25, 0.3) is 0 Å². The van der Waals surface area contributed by atoms with Crippen LogP contribution in [0.4, 0.5) is 4.39 Å². The van der Waals surface area contributed by atoms with E-state index in [0.717, 1.165) is 0 Å². The number of hydrogen-bond donors (Lipinski definition) is 0. The zero-order chi connectivity index (χ0) is 13.7. The maximum Gasteiger partial charge on any atom is 0.200 e. The standard InChI is InChI=1S/C15H13FO3/c1-18-14-4-2-3-5-15(14)19-10-13(17)11-6-8-12(16)9-7-11/h2-9H,10H2,1H3. The van der Waals surface area contributed by atoms with Gasteiger partial charge < -0.3 is 9.47 Å². The molecule has 0 amide bonds. The molecular formula is C15H13FO3. The Hall–Kier alpha value is -2.36. The monoisotopic (exact) mass is 260 g/mol. The molecule has 0 fully saturated rings. The molecule has 0 saturated carbocycles. The molecule has 0 aliphatic carbocycles. The van der Waals surface area contributed by atoms with Crippen LogP contribution in [-0.2, 0) is 0 Å². The maximum absolute atomic E-state index is 12.7. The lowest BCUT2D eigenvalue weighted by Crippen LogP contribution is -2.12. The van der Waals surface area contributed by atoms with Crippen LogP contribution in [0.3, 0.4) is 0 Å². The fraction of sp³-hybridized carbons (Fsp3) is 0.133. The molecule has 4 heteroatoms. The first-order valence-electron chi connectivity index (χ1n) is 5.75. The van der Waals surface area contributed by atoms with Gasteiger partial charge in [-0.25, -0.2) is 4.39 Å². The van der Waals surface area contributed by atoms with E-state index in [9.17, 15) is 9.18 Å². The summed E-state index contributed by atoms with van der Waals surface area (Å²) in [7, 11) is 1.53. The molecule has 2 aromatic carbocycles. The molecule has 2 rings (SSSR count). The number of benzene rings is 2. The van der Waals surface area contributed by atoms with Gasteiger partial charge in [-0.3, -0.25) is 4.79 Å². The lowest BCUT2D eigenvalue weighted by molar-refractivity contribution is 0.0919. The average Bonchev–Trinajstić information content (AvgIpc) is 2.45. The van der Waals surface area contributed by atoms with Crippen LogP contribution in [0.1, 0.15) is 10.4 Å². The zero-order valence-corrected chi connectivity index (χ0v) is 10.4. The number of carbonyl (C=O) groups excluding carboxylic acids is 1. The average molecular weight is 260 g/mol. The highest BCUT2D eigenvalue weighted by molar-refractivity contribution is 5.97. The van der Waals surface area contributed by atoms with E-state index in [1.165, 1.54) is 31.4 Å². The van der Waals surface area contributed by atoms with Gasteiger partial charge in [0.25, 0.3) is 0 Å². The van der Waals surface area contributed by atoms with Crippen LogP contribution in [0.2, 0.25) is 0 Å². The minimum absolute atomic E-state index is 0.119. The molecule has 0 heterocycles. The largest absolute Gasteiger partial charge is 0.493 e. The number of methoxy groups -OCH3 is 1. The van der Waals surface area contributed by atoms with Crippen molar-refractivity contribution in [3.05, 3.63) is 59.9 Å². The van der Waals surface area contributed by atoms with Gasteiger partial charge in [-0.15, -0.1) is 0 Å². The van der Waals surface area contributed by atoms with Gasteiger partial charge in [-0.2, -0.15) is 0 Å². The molecule has 0 N–H and O–H groups in total. The summed E-state index contributed by atoms with van der Waals surface area (Å²) < 4.78 is 23.3. The third-order valence-electron chi connectivity index (χ3n) is 2.59. The summed E-state index contributed by atoms with van der Waals surface area (Å²) in [5.74, 6) is 0.475. The van der Waals surface area contributed by atoms with Crippen molar-refractivity contribution in [2.24, 2.45) is 0 Å². The Morgan fingerprint density at radius 3 is 2.32 bits per heavy atom. The Balaban J connectivity index is 2.02. The number of rotatable bonds is 5. The number of halogens is 1. The van der Waals surface area contributed by atoms with Crippen molar-refractivity contribution in [2.45, 2.75) is 0 Å². The van der Waals surface area contributed by atoms with Gasteiger partial charge in [0.2, 0.25) is 0 Å². The van der Waals surface area contributed by atoms with Crippen LogP contribution in [0.5, 0.6) is 11.5 Å². The van der Waals surface area contributed by atoms with Gasteiger partial charge in [-0.05, 0) is 36.4 Å². The number of para-hydroxylation sites is 2. The molecule has 3 nitrogen and oxygen atoms in total. The summed E-state index contributed by atoms with van der Waals surface area (Å²) >= 11 is 0. The van der Waals surface area contributed by atoms with E-state index in [2.05, 4.69) is 0 Å². The molecular weight excluding hydrogens is 247 g/mol. The van der Waals surface area contributed by atoms with Crippen LogP contribution in [0, 0.1) is 5.82 Å². The molecule has 2 aromatic rings. The SMILES string of the molecule is COc1ccccc1OCC(=O)c1ccc(F)cc1. The first-order chi connectivity index (χ1) is 9.20. The Morgan fingerprint density at radius 1 is 1.05 bits per heavy atom. The summed E-state index contributed by atoms with van der Waals surface area (Å²) in [5.41, 5.74) is 0.413. The van der Waals surface area contributed by atoms with E-state index >= 15 is 0 Å². The van der Waals surface area contributed by atoms with Gasteiger partial charge in [-0.1, -0.05) is 12.1 Å². The smallest absolute Gasteiger partial charge is 0.200 e. The van der Waals surface area contributed by atoms with Crippen molar-refractivity contribution >= 4 is 5.78 Å². The van der Waals surface area contributed by atoms with Crippen LogP contribution >= 0.6 is 0 Å². The summed E-state index contributed by atoms with van der Waals surface area (Å²) in [6.45, 7) is -0.119. The Labute approximate surface area is 110 Å². The predicted molar refractivity (Wildman–Crippen MR) is 69.2 cm³/mol. The molecule has 0 unspecified atom stereocenters. The maximum atomic E-state index is 12.7. The second-order valence-electron chi connectivity index (χ2n) is 3.87. The van der Waals surface area contributed by atoms with Crippen molar-refractivity contribution in [1.29, 1.82) is 0 Å². The second-order valence-corrected chi connectivity index (χ2v) is 3.87. The van der Waals surface area contributed by atoms with Gasteiger partial charge in [0.05, 0.1) is 7.11 Å². The molecule has 0 aliphatic rings. The molecule has 0 saturated heterocycles. The Bertz CT molecular complexity index is 564. The van der Waals surface area contributed by atoms with E-state index < -0.39 is 0 Å². The molecule has 0 atom stereocenters. The lowest BCUT2D eigenvalue weighted by Gasteiger charge is -2.09. The topological polar surface area (TPSA) is 35.5 Å². The molecule has 0 spiro atoms. The normalized spacial score (nSPS) is 10.0. The van der Waals surface area contributed by atoms with E-state index in [1.807, 2.05) is 6.07 Å². The molecule has 98 valence electrons. The second kappa shape index (κ2) is 6.00. The van der Waals surface area contributed by atoms with Crippen molar-refractivity contribution in [1.82, 2.24) is 0 Å². The van der Waals surface area contributed by atoms with Gasteiger partial charge in [0.1, 0.15) is 5.82 Å². The highest BCUT2D eigenvalue weighted by Gasteiger charge is 2.09. The van der Waals surface area contributed by atoms with E-state index in [0.29, 0.717) is 17.1 Å². The van der Waals surface area contributed by atoms with Crippen LogP contribution in [-0.4, -0.2) is 19.5 Å². The van der Waals surface area contributed by atoms with Gasteiger partial charge in [0.15, 0.2) is 23.9 Å². The number of Topliss-reactive ketones (excluding diaryl/α,β-unsaturated/α-hetero) is 1. The summed E-state index contributed by atoms with van der Waals surface area (Å²) in [6, 6.07) is 12.4. The number of ketones is 1. The quantitative estimate of drug-likeness (QED) is 0.775. The van der Waals surface area contributed by atoms with E-state index in [4.69, 9.17) is 9.47 Å². The van der Waals surface area contributed by atoms with Crippen molar-refractivity contribution in [3.8, 4) is 11.5 Å². The fourth-order valence-corrected chi connectivity index (χ4v) is 1.60. The molecule has 0 bridgehead atoms. The van der Waals surface area contributed by atoms with E-state index in [1.54, 1.807) is 18.2 Å². The zero-order valence-electron chi connectivity index (χ0n) is 10.4. The Morgan fingerprint density at radius 2 is 1.68 bits per heavy atom. The molecule has 0 aromatic heterocycles. The van der Waals surface area contributed by atoms with Crippen LogP contribution < -0.4 is 9.47 Å². The predicted octanol–water partition coefficient (Wildman–Crippen LogP) is 3.10. The first kappa shape index (κ1) is 13.1. The third kappa shape index (κ3) is 3.31. The van der Waals surface area contributed by atoms with Gasteiger partial charge >= 0.3 is 0 Å². The van der Waals surface area contributed by atoms with Gasteiger partial charge in [0, 0.05) is 5.56 Å². The van der Waals surface area contributed by atoms with E-state index in [-0.39, 0.29) is 18.2 Å². The minimum Gasteiger partial charge on any atom is -0.493 e. The molecule has 0 radical (unpaired) electrons. The van der Waals surface area contributed by atoms with Crippen molar-refractivity contribution < 1.29 is 18.7 Å². The van der Waals surface area contributed by atoms with Crippen molar-refractivity contribution in [3.63, 3.8) is 0 Å². The summed E-state index contributed by atoms with van der Waals surface area (Å²) in [6.07, 6.45) is 0. The van der Waals surface area contributed by atoms with Crippen molar-refractivity contribution in [2.75, 3.05) is 13.7 Å². The number of ether oxygens (including phenoxy) is 2.